The summed E-state index contributed by atoms with van der Waals surface area (Å²) in [6, 6.07) is 0. The first-order valence-corrected chi connectivity index (χ1v) is 3.60. The summed E-state index contributed by atoms with van der Waals surface area (Å²) in [5, 5.41) is 0. The van der Waals surface area contributed by atoms with Gasteiger partial charge in [0.2, 0.25) is 0 Å². The smallest absolute Gasteiger partial charge is 0.349 e. The van der Waals surface area contributed by atoms with E-state index >= 15 is 0 Å². The molecule has 0 aliphatic carbocycles. The average molecular weight is 185 g/mol. The maximum Gasteiger partial charge on any atom is 0.414 e. The van der Waals surface area contributed by atoms with E-state index in [2.05, 4.69) is 0 Å². The minimum absolute atomic E-state index is 0.231. The summed E-state index contributed by atoms with van der Waals surface area (Å²) in [6.07, 6.45) is -4.91. The Kier molecular flexibility index (Phi) is 4.06. The first-order chi connectivity index (χ1) is 5.40. The molecule has 0 aliphatic heterocycles. The Hall–Kier alpha value is -0.740. The zero-order valence-electron chi connectivity index (χ0n) is 6.95. The summed E-state index contributed by atoms with van der Waals surface area (Å²) >= 11 is 0. The van der Waals surface area contributed by atoms with E-state index in [1.807, 2.05) is 0 Å². The van der Waals surface area contributed by atoms with Gasteiger partial charge in [0.1, 0.15) is 0 Å². The highest BCUT2D eigenvalue weighted by molar-refractivity contribution is 4.95. The lowest BCUT2D eigenvalue weighted by molar-refractivity contribution is -0.0829. The molecule has 0 aromatic carbocycles. The van der Waals surface area contributed by atoms with Crippen LogP contribution in [0.1, 0.15) is 13.8 Å². The Balaban J connectivity index is 4.34. The van der Waals surface area contributed by atoms with Crippen LogP contribution in [0.3, 0.4) is 0 Å². The molecule has 0 aromatic heterocycles. The standard InChI is InChI=1S/C7H11F4N/c1-3-12(4-2)6(8)5-7(9,10)11/h5H,3-4H2,1-2H3/b6-5+. The molecule has 12 heavy (non-hydrogen) atoms. The van der Waals surface area contributed by atoms with Crippen molar-refractivity contribution in [1.82, 2.24) is 4.90 Å². The summed E-state index contributed by atoms with van der Waals surface area (Å²) < 4.78 is 47.4. The lowest BCUT2D eigenvalue weighted by Crippen LogP contribution is -2.21. The van der Waals surface area contributed by atoms with Crippen LogP contribution in [0.2, 0.25) is 0 Å². The van der Waals surface area contributed by atoms with Gasteiger partial charge in [-0.3, -0.25) is 0 Å². The van der Waals surface area contributed by atoms with Gasteiger partial charge in [-0.1, -0.05) is 0 Å². The van der Waals surface area contributed by atoms with Crippen molar-refractivity contribution < 1.29 is 17.6 Å². The van der Waals surface area contributed by atoms with Crippen molar-refractivity contribution in [3.05, 3.63) is 12.0 Å². The van der Waals surface area contributed by atoms with Gasteiger partial charge in [0.15, 0.2) is 5.95 Å². The van der Waals surface area contributed by atoms with Crippen LogP contribution in [0.25, 0.3) is 0 Å². The van der Waals surface area contributed by atoms with E-state index in [1.54, 1.807) is 13.8 Å². The Morgan fingerprint density at radius 1 is 1.25 bits per heavy atom. The maximum atomic E-state index is 12.6. The van der Waals surface area contributed by atoms with Crippen LogP contribution in [0.5, 0.6) is 0 Å². The molecule has 0 saturated heterocycles. The summed E-state index contributed by atoms with van der Waals surface area (Å²) in [4.78, 5) is 0.994. The van der Waals surface area contributed by atoms with Crippen LogP contribution in [0.15, 0.2) is 12.0 Å². The van der Waals surface area contributed by atoms with E-state index in [9.17, 15) is 17.6 Å². The molecule has 0 aromatic rings. The minimum Gasteiger partial charge on any atom is -0.349 e. The number of hydrogen-bond donors (Lipinski definition) is 0. The fourth-order valence-corrected chi connectivity index (χ4v) is 0.752. The van der Waals surface area contributed by atoms with E-state index in [0.29, 0.717) is 0 Å². The number of alkyl halides is 3. The van der Waals surface area contributed by atoms with E-state index in [1.165, 1.54) is 0 Å². The Labute approximate surface area is 68.7 Å². The van der Waals surface area contributed by atoms with Gasteiger partial charge in [-0.05, 0) is 13.8 Å². The van der Waals surface area contributed by atoms with Crippen LogP contribution in [0.4, 0.5) is 17.6 Å². The predicted octanol–water partition coefficient (Wildman–Crippen LogP) is 2.70. The SMILES string of the molecule is CCN(CC)/C(F)=C/C(F)(F)F. The van der Waals surface area contributed by atoms with Crippen LogP contribution >= 0.6 is 0 Å². The van der Waals surface area contributed by atoms with Crippen LogP contribution < -0.4 is 0 Å². The zero-order chi connectivity index (χ0) is 9.78. The van der Waals surface area contributed by atoms with Crippen LogP contribution in [-0.4, -0.2) is 24.2 Å². The van der Waals surface area contributed by atoms with Gasteiger partial charge in [-0.25, -0.2) is 0 Å². The Morgan fingerprint density at radius 3 is 1.92 bits per heavy atom. The first-order valence-electron chi connectivity index (χ1n) is 3.60. The number of halogens is 4. The summed E-state index contributed by atoms with van der Waals surface area (Å²) in [5.74, 6) is -1.23. The van der Waals surface area contributed by atoms with Crippen molar-refractivity contribution in [2.45, 2.75) is 20.0 Å². The van der Waals surface area contributed by atoms with Gasteiger partial charge < -0.3 is 4.90 Å². The Morgan fingerprint density at radius 2 is 1.67 bits per heavy atom. The molecular weight excluding hydrogens is 174 g/mol. The molecule has 0 rings (SSSR count). The van der Waals surface area contributed by atoms with Gasteiger partial charge in [-0.2, -0.15) is 17.6 Å². The summed E-state index contributed by atoms with van der Waals surface area (Å²) in [7, 11) is 0. The van der Waals surface area contributed by atoms with E-state index in [4.69, 9.17) is 0 Å². The number of allylic oxidation sites excluding steroid dienone is 1. The highest BCUT2D eigenvalue weighted by atomic mass is 19.4. The fourth-order valence-electron chi connectivity index (χ4n) is 0.752. The molecular formula is C7H11F4N. The highest BCUT2D eigenvalue weighted by Gasteiger charge is 2.26. The third-order valence-corrected chi connectivity index (χ3v) is 1.35. The van der Waals surface area contributed by atoms with Crippen molar-refractivity contribution in [2.24, 2.45) is 0 Å². The third kappa shape index (κ3) is 4.20. The Bertz CT molecular complexity index is 157. The number of nitrogens with zero attached hydrogens (tertiary/aromatic N) is 1. The molecule has 0 bridgehead atoms. The largest absolute Gasteiger partial charge is 0.414 e. The fraction of sp³-hybridized carbons (Fsp3) is 0.714. The number of rotatable bonds is 3. The molecule has 0 unspecified atom stereocenters. The lowest BCUT2D eigenvalue weighted by Gasteiger charge is -2.18. The average Bonchev–Trinajstić information content (AvgIpc) is 1.85. The van der Waals surface area contributed by atoms with Crippen molar-refractivity contribution >= 4 is 0 Å². The second-order valence-electron chi connectivity index (χ2n) is 2.18. The molecule has 0 radical (unpaired) electrons. The lowest BCUT2D eigenvalue weighted by atomic mass is 10.5. The van der Waals surface area contributed by atoms with Gasteiger partial charge >= 0.3 is 6.18 Å². The van der Waals surface area contributed by atoms with Crippen LogP contribution in [0, 0.1) is 0 Å². The summed E-state index contributed by atoms with van der Waals surface area (Å²) in [6.45, 7) is 3.64. The van der Waals surface area contributed by atoms with Gasteiger partial charge in [-0.15, -0.1) is 0 Å². The minimum atomic E-state index is -4.58. The van der Waals surface area contributed by atoms with E-state index in [-0.39, 0.29) is 19.2 Å². The second-order valence-corrected chi connectivity index (χ2v) is 2.18. The molecule has 0 fully saturated rings. The monoisotopic (exact) mass is 185 g/mol. The summed E-state index contributed by atoms with van der Waals surface area (Å²) in [5.41, 5.74) is 0. The third-order valence-electron chi connectivity index (χ3n) is 1.35. The normalized spacial score (nSPS) is 13.3. The van der Waals surface area contributed by atoms with Gasteiger partial charge in [0.05, 0.1) is 6.08 Å². The highest BCUT2D eigenvalue weighted by Crippen LogP contribution is 2.20. The molecule has 0 N–H and O–H groups in total. The van der Waals surface area contributed by atoms with E-state index in [0.717, 1.165) is 4.90 Å². The molecule has 0 spiro atoms. The topological polar surface area (TPSA) is 3.24 Å². The molecule has 72 valence electrons. The molecule has 0 atom stereocenters. The van der Waals surface area contributed by atoms with E-state index < -0.39 is 12.1 Å². The predicted molar refractivity (Wildman–Crippen MR) is 38.2 cm³/mol. The van der Waals surface area contributed by atoms with Crippen LogP contribution in [-0.2, 0) is 0 Å². The molecule has 0 aliphatic rings. The van der Waals surface area contributed by atoms with Gasteiger partial charge in [0.25, 0.3) is 0 Å². The van der Waals surface area contributed by atoms with Crippen molar-refractivity contribution in [3.63, 3.8) is 0 Å². The number of hydrogen-bond acceptors (Lipinski definition) is 1. The quantitative estimate of drug-likeness (QED) is 0.482. The molecule has 1 nitrogen and oxygen atoms in total. The second kappa shape index (κ2) is 4.33. The molecule has 5 heteroatoms. The zero-order valence-corrected chi connectivity index (χ0v) is 6.95. The van der Waals surface area contributed by atoms with Crippen molar-refractivity contribution in [1.29, 1.82) is 0 Å². The molecule has 0 amide bonds. The van der Waals surface area contributed by atoms with Gasteiger partial charge in [0, 0.05) is 13.1 Å². The van der Waals surface area contributed by atoms with Crippen molar-refractivity contribution in [3.8, 4) is 0 Å². The molecule has 0 saturated carbocycles. The molecule has 0 heterocycles. The maximum absolute atomic E-state index is 12.6. The first kappa shape index (κ1) is 11.3. The van der Waals surface area contributed by atoms with Crippen molar-refractivity contribution in [2.75, 3.05) is 13.1 Å².